The second kappa shape index (κ2) is 8.46. The third-order valence-corrected chi connectivity index (χ3v) is 3.93. The molecule has 2 heteroatoms. The van der Waals surface area contributed by atoms with Crippen molar-refractivity contribution in [2.75, 3.05) is 18.1 Å². The zero-order valence-corrected chi connectivity index (χ0v) is 12.1. The Balaban J connectivity index is 2.41. The molecular weight excluding hydrogens is 226 g/mol. The van der Waals surface area contributed by atoms with Gasteiger partial charge in [0.25, 0.3) is 0 Å². The third-order valence-electron chi connectivity index (χ3n) is 3.21. The van der Waals surface area contributed by atoms with Crippen LogP contribution in [0.1, 0.15) is 39.5 Å². The van der Waals surface area contributed by atoms with Gasteiger partial charge in [0.05, 0.1) is 0 Å². The van der Waals surface area contributed by atoms with Gasteiger partial charge in [-0.1, -0.05) is 39.2 Å². The average molecular weight is 251 g/mol. The molecule has 1 rings (SSSR count). The van der Waals surface area contributed by atoms with Crippen molar-refractivity contribution in [3.05, 3.63) is 24.3 Å². The first kappa shape index (κ1) is 14.4. The van der Waals surface area contributed by atoms with Crippen molar-refractivity contribution >= 4 is 17.4 Å². The first-order chi connectivity index (χ1) is 8.30. The van der Waals surface area contributed by atoms with E-state index in [1.165, 1.54) is 36.3 Å². The van der Waals surface area contributed by atoms with Gasteiger partial charge >= 0.3 is 0 Å². The summed E-state index contributed by atoms with van der Waals surface area (Å²) in [7, 11) is 0. The zero-order chi connectivity index (χ0) is 12.5. The van der Waals surface area contributed by atoms with E-state index < -0.39 is 0 Å². The molecule has 1 unspecified atom stereocenters. The summed E-state index contributed by atoms with van der Waals surface area (Å²) < 4.78 is 0. The van der Waals surface area contributed by atoms with E-state index in [1.54, 1.807) is 11.8 Å². The van der Waals surface area contributed by atoms with Crippen LogP contribution in [0.4, 0.5) is 5.69 Å². The molecule has 0 saturated heterocycles. The number of anilines is 1. The van der Waals surface area contributed by atoms with Gasteiger partial charge in [-0.25, -0.2) is 0 Å². The lowest BCUT2D eigenvalue weighted by Gasteiger charge is -2.16. The topological polar surface area (TPSA) is 12.0 Å². The minimum Gasteiger partial charge on any atom is -0.385 e. The molecule has 0 aliphatic rings. The first-order valence-electron chi connectivity index (χ1n) is 6.68. The summed E-state index contributed by atoms with van der Waals surface area (Å²) in [5.41, 5.74) is 1.26. The predicted molar refractivity (Wildman–Crippen MR) is 80.0 cm³/mol. The Hall–Kier alpha value is -0.630. The van der Waals surface area contributed by atoms with Crippen LogP contribution in [-0.2, 0) is 0 Å². The molecule has 1 aromatic rings. The van der Waals surface area contributed by atoms with E-state index in [1.807, 2.05) is 0 Å². The van der Waals surface area contributed by atoms with Crippen molar-refractivity contribution in [2.24, 2.45) is 5.92 Å². The molecule has 0 aromatic heterocycles. The van der Waals surface area contributed by atoms with Crippen LogP contribution >= 0.6 is 11.8 Å². The lowest BCUT2D eigenvalue weighted by atomic mass is 9.99. The number of nitrogens with one attached hydrogen (secondary N) is 1. The van der Waals surface area contributed by atoms with E-state index in [4.69, 9.17) is 0 Å². The lowest BCUT2D eigenvalue weighted by molar-refractivity contribution is 0.473. The SMILES string of the molecule is CCCCC(CC)CNc1cccc(SC)c1. The summed E-state index contributed by atoms with van der Waals surface area (Å²) in [4.78, 5) is 1.33. The Labute approximate surface area is 110 Å². The average Bonchev–Trinajstić information content (AvgIpc) is 2.39. The molecule has 0 spiro atoms. The Kier molecular flexibility index (Phi) is 7.18. The fourth-order valence-electron chi connectivity index (χ4n) is 1.94. The fraction of sp³-hybridized carbons (Fsp3) is 0.600. The van der Waals surface area contributed by atoms with Crippen molar-refractivity contribution in [1.29, 1.82) is 0 Å². The monoisotopic (exact) mass is 251 g/mol. The maximum atomic E-state index is 3.57. The summed E-state index contributed by atoms with van der Waals surface area (Å²) in [6.45, 7) is 5.66. The quantitative estimate of drug-likeness (QED) is 0.650. The molecule has 1 nitrogen and oxygen atoms in total. The highest BCUT2D eigenvalue weighted by Crippen LogP contribution is 2.20. The molecule has 0 saturated carbocycles. The standard InChI is InChI=1S/C15H25NS/c1-4-6-8-13(5-2)12-16-14-9-7-10-15(11-14)17-3/h7,9-11,13,16H,4-6,8,12H2,1-3H3. The van der Waals surface area contributed by atoms with Crippen LogP contribution < -0.4 is 5.32 Å². The molecule has 1 aromatic carbocycles. The maximum Gasteiger partial charge on any atom is 0.0351 e. The number of thioether (sulfide) groups is 1. The second-order valence-electron chi connectivity index (χ2n) is 4.53. The van der Waals surface area contributed by atoms with Gasteiger partial charge < -0.3 is 5.32 Å². The van der Waals surface area contributed by atoms with E-state index in [0.29, 0.717) is 0 Å². The largest absolute Gasteiger partial charge is 0.385 e. The van der Waals surface area contributed by atoms with Crippen LogP contribution in [-0.4, -0.2) is 12.8 Å². The summed E-state index contributed by atoms with van der Waals surface area (Å²) in [5.74, 6) is 0.813. The predicted octanol–water partition coefficient (Wildman–Crippen LogP) is 5.04. The minimum atomic E-state index is 0.813. The maximum absolute atomic E-state index is 3.57. The number of benzene rings is 1. The summed E-state index contributed by atoms with van der Waals surface area (Å²) in [6.07, 6.45) is 7.40. The fourth-order valence-corrected chi connectivity index (χ4v) is 2.40. The molecule has 1 N–H and O–H groups in total. The third kappa shape index (κ3) is 5.49. The van der Waals surface area contributed by atoms with E-state index in [2.05, 4.69) is 49.7 Å². The number of hydrogen-bond donors (Lipinski definition) is 1. The first-order valence-corrected chi connectivity index (χ1v) is 7.90. The van der Waals surface area contributed by atoms with Gasteiger partial charge in [-0.05, 0) is 36.8 Å². The van der Waals surface area contributed by atoms with Gasteiger partial charge in [0.2, 0.25) is 0 Å². The van der Waals surface area contributed by atoms with Gasteiger partial charge in [-0.3, -0.25) is 0 Å². The number of hydrogen-bond acceptors (Lipinski definition) is 2. The van der Waals surface area contributed by atoms with E-state index in [9.17, 15) is 0 Å². The molecule has 0 radical (unpaired) electrons. The molecule has 1 atom stereocenters. The van der Waals surface area contributed by atoms with Gasteiger partial charge in [-0.15, -0.1) is 11.8 Å². The Morgan fingerprint density at radius 3 is 2.76 bits per heavy atom. The van der Waals surface area contributed by atoms with Crippen molar-refractivity contribution in [3.8, 4) is 0 Å². The van der Waals surface area contributed by atoms with Gasteiger partial charge in [-0.2, -0.15) is 0 Å². The summed E-state index contributed by atoms with van der Waals surface area (Å²) >= 11 is 1.80. The number of rotatable bonds is 8. The van der Waals surface area contributed by atoms with E-state index in [-0.39, 0.29) is 0 Å². The second-order valence-corrected chi connectivity index (χ2v) is 5.41. The Bertz CT molecular complexity index is 312. The highest BCUT2D eigenvalue weighted by Gasteiger charge is 2.05. The molecule has 0 aliphatic carbocycles. The van der Waals surface area contributed by atoms with E-state index >= 15 is 0 Å². The highest BCUT2D eigenvalue weighted by molar-refractivity contribution is 7.98. The van der Waals surface area contributed by atoms with E-state index in [0.717, 1.165) is 12.5 Å². The normalized spacial score (nSPS) is 12.4. The number of unbranched alkanes of at least 4 members (excludes halogenated alkanes) is 1. The molecule has 0 aliphatic heterocycles. The zero-order valence-electron chi connectivity index (χ0n) is 11.3. The molecule has 0 bridgehead atoms. The van der Waals surface area contributed by atoms with Crippen LogP contribution in [0.15, 0.2) is 29.2 Å². The molecule has 0 amide bonds. The molecule has 0 fully saturated rings. The van der Waals surface area contributed by atoms with Crippen molar-refractivity contribution in [3.63, 3.8) is 0 Å². The van der Waals surface area contributed by atoms with Crippen LogP contribution in [0.3, 0.4) is 0 Å². The summed E-state index contributed by atoms with van der Waals surface area (Å²) in [6, 6.07) is 8.68. The van der Waals surface area contributed by atoms with Gasteiger partial charge in [0.15, 0.2) is 0 Å². The van der Waals surface area contributed by atoms with Crippen molar-refractivity contribution in [1.82, 2.24) is 0 Å². The van der Waals surface area contributed by atoms with Crippen molar-refractivity contribution in [2.45, 2.75) is 44.4 Å². The molecular formula is C15H25NS. The van der Waals surface area contributed by atoms with Gasteiger partial charge in [0.1, 0.15) is 0 Å². The molecule has 17 heavy (non-hydrogen) atoms. The molecule has 96 valence electrons. The summed E-state index contributed by atoms with van der Waals surface area (Å²) in [5, 5.41) is 3.57. The van der Waals surface area contributed by atoms with Gasteiger partial charge in [0, 0.05) is 17.1 Å². The Morgan fingerprint density at radius 1 is 1.29 bits per heavy atom. The van der Waals surface area contributed by atoms with Crippen LogP contribution in [0.2, 0.25) is 0 Å². The molecule has 0 heterocycles. The lowest BCUT2D eigenvalue weighted by Crippen LogP contribution is -2.13. The van der Waals surface area contributed by atoms with Crippen LogP contribution in [0.25, 0.3) is 0 Å². The Morgan fingerprint density at radius 2 is 2.12 bits per heavy atom. The van der Waals surface area contributed by atoms with Crippen LogP contribution in [0.5, 0.6) is 0 Å². The van der Waals surface area contributed by atoms with Crippen molar-refractivity contribution < 1.29 is 0 Å². The minimum absolute atomic E-state index is 0.813. The smallest absolute Gasteiger partial charge is 0.0351 e. The van der Waals surface area contributed by atoms with Crippen LogP contribution in [0, 0.1) is 5.92 Å². The highest BCUT2D eigenvalue weighted by atomic mass is 32.2.